The molecular formula is C20H18ClNO5. The summed E-state index contributed by atoms with van der Waals surface area (Å²) in [5.41, 5.74) is 1.20. The van der Waals surface area contributed by atoms with Gasteiger partial charge in [0, 0.05) is 16.1 Å². The van der Waals surface area contributed by atoms with Crippen molar-refractivity contribution >= 4 is 34.2 Å². The molecule has 0 aliphatic heterocycles. The molecule has 140 valence electrons. The number of amides is 1. The van der Waals surface area contributed by atoms with Crippen molar-refractivity contribution in [2.24, 2.45) is 0 Å². The Kier molecular flexibility index (Phi) is 5.37. The van der Waals surface area contributed by atoms with Crippen LogP contribution in [0.3, 0.4) is 0 Å². The fraction of sp³-hybridized carbons (Fsp3) is 0.200. The number of carbonyl (C=O) groups is 1. The van der Waals surface area contributed by atoms with E-state index < -0.39 is 5.63 Å². The fourth-order valence-corrected chi connectivity index (χ4v) is 3.09. The highest BCUT2D eigenvalue weighted by Gasteiger charge is 2.19. The highest BCUT2D eigenvalue weighted by molar-refractivity contribution is 6.30. The molecule has 0 atom stereocenters. The predicted octanol–water partition coefficient (Wildman–Crippen LogP) is 3.95. The minimum Gasteiger partial charge on any atom is -0.493 e. The van der Waals surface area contributed by atoms with E-state index in [9.17, 15) is 9.59 Å². The summed E-state index contributed by atoms with van der Waals surface area (Å²) in [5, 5.41) is 3.91. The van der Waals surface area contributed by atoms with Gasteiger partial charge in [0.1, 0.15) is 0 Å². The van der Waals surface area contributed by atoms with Crippen molar-refractivity contribution in [1.29, 1.82) is 0 Å². The molecule has 3 rings (SSSR count). The van der Waals surface area contributed by atoms with Gasteiger partial charge in [-0.2, -0.15) is 0 Å². The van der Waals surface area contributed by atoms with E-state index in [4.69, 9.17) is 25.5 Å². The van der Waals surface area contributed by atoms with Crippen LogP contribution in [0.4, 0.5) is 5.69 Å². The summed E-state index contributed by atoms with van der Waals surface area (Å²) in [6, 6.07) is 10.3. The van der Waals surface area contributed by atoms with Gasteiger partial charge in [0.15, 0.2) is 11.3 Å². The molecule has 0 radical (unpaired) electrons. The van der Waals surface area contributed by atoms with Gasteiger partial charge in [-0.25, -0.2) is 4.79 Å². The smallest absolute Gasteiger partial charge is 0.340 e. The lowest BCUT2D eigenvalue weighted by Gasteiger charge is -2.13. The van der Waals surface area contributed by atoms with Crippen LogP contribution < -0.4 is 20.4 Å². The zero-order chi connectivity index (χ0) is 19.6. The molecule has 0 spiro atoms. The highest BCUT2D eigenvalue weighted by atomic mass is 35.5. The van der Waals surface area contributed by atoms with E-state index in [1.807, 2.05) is 0 Å². The minimum atomic E-state index is -0.590. The Hall–Kier alpha value is -2.99. The summed E-state index contributed by atoms with van der Waals surface area (Å²) in [7, 11) is 2.97. The number of hydrogen-bond donors (Lipinski definition) is 1. The summed E-state index contributed by atoms with van der Waals surface area (Å²) in [5.74, 6) is 0.455. The molecule has 0 saturated heterocycles. The second-order valence-electron chi connectivity index (χ2n) is 5.91. The largest absolute Gasteiger partial charge is 0.493 e. The van der Waals surface area contributed by atoms with E-state index in [1.54, 1.807) is 43.3 Å². The van der Waals surface area contributed by atoms with Gasteiger partial charge in [-0.15, -0.1) is 0 Å². The third kappa shape index (κ3) is 3.75. The lowest BCUT2D eigenvalue weighted by Crippen LogP contribution is -2.20. The molecule has 27 heavy (non-hydrogen) atoms. The molecule has 3 aromatic rings. The molecule has 0 saturated carbocycles. The van der Waals surface area contributed by atoms with Gasteiger partial charge in [0.25, 0.3) is 0 Å². The maximum Gasteiger partial charge on any atom is 0.340 e. The molecule has 1 amide bonds. The lowest BCUT2D eigenvalue weighted by atomic mass is 10.0. The van der Waals surface area contributed by atoms with Gasteiger partial charge in [0.2, 0.25) is 11.7 Å². The monoisotopic (exact) mass is 387 g/mol. The molecule has 1 heterocycles. The van der Waals surface area contributed by atoms with Crippen molar-refractivity contribution in [3.8, 4) is 11.5 Å². The number of carbonyl (C=O) groups excluding carboxylic acids is 1. The normalized spacial score (nSPS) is 10.7. The summed E-state index contributed by atoms with van der Waals surface area (Å²) >= 11 is 5.92. The van der Waals surface area contributed by atoms with E-state index in [0.29, 0.717) is 38.7 Å². The number of benzene rings is 2. The molecule has 0 bridgehead atoms. The van der Waals surface area contributed by atoms with Crippen molar-refractivity contribution in [3.63, 3.8) is 0 Å². The SMILES string of the molecule is COc1ccc2c(C)c(CC(=O)Nc3cccc(Cl)c3)c(=O)oc2c1OC. The number of halogens is 1. The average Bonchev–Trinajstić information content (AvgIpc) is 2.64. The van der Waals surface area contributed by atoms with Crippen molar-refractivity contribution < 1.29 is 18.7 Å². The number of hydrogen-bond acceptors (Lipinski definition) is 5. The van der Waals surface area contributed by atoms with Gasteiger partial charge < -0.3 is 19.2 Å². The van der Waals surface area contributed by atoms with E-state index in [-0.39, 0.29) is 17.9 Å². The molecule has 0 aliphatic carbocycles. The van der Waals surface area contributed by atoms with Crippen molar-refractivity contribution in [2.45, 2.75) is 13.3 Å². The van der Waals surface area contributed by atoms with Gasteiger partial charge in [-0.1, -0.05) is 17.7 Å². The zero-order valence-electron chi connectivity index (χ0n) is 15.1. The number of fused-ring (bicyclic) bond motifs is 1. The molecule has 6 nitrogen and oxygen atoms in total. The van der Waals surface area contributed by atoms with Crippen LogP contribution in [0.5, 0.6) is 11.5 Å². The lowest BCUT2D eigenvalue weighted by molar-refractivity contribution is -0.115. The number of anilines is 1. The van der Waals surface area contributed by atoms with Crippen LogP contribution in [0.1, 0.15) is 11.1 Å². The number of aryl methyl sites for hydroxylation is 1. The van der Waals surface area contributed by atoms with Crippen LogP contribution in [-0.2, 0) is 11.2 Å². The second kappa shape index (κ2) is 7.72. The van der Waals surface area contributed by atoms with Gasteiger partial charge >= 0.3 is 5.63 Å². The topological polar surface area (TPSA) is 77.8 Å². The third-order valence-electron chi connectivity index (χ3n) is 4.24. The first kappa shape index (κ1) is 18.8. The van der Waals surface area contributed by atoms with Crippen LogP contribution >= 0.6 is 11.6 Å². The van der Waals surface area contributed by atoms with E-state index in [1.165, 1.54) is 14.2 Å². The number of nitrogens with one attached hydrogen (secondary N) is 1. The predicted molar refractivity (Wildman–Crippen MR) is 104 cm³/mol. The number of rotatable bonds is 5. The van der Waals surface area contributed by atoms with Crippen LogP contribution in [0, 0.1) is 6.92 Å². The van der Waals surface area contributed by atoms with Crippen molar-refractivity contribution in [1.82, 2.24) is 0 Å². The highest BCUT2D eigenvalue weighted by Crippen LogP contribution is 2.36. The molecule has 0 unspecified atom stereocenters. The molecule has 7 heteroatoms. The molecule has 1 aromatic heterocycles. The maximum absolute atomic E-state index is 12.5. The number of methoxy groups -OCH3 is 2. The third-order valence-corrected chi connectivity index (χ3v) is 4.48. The second-order valence-corrected chi connectivity index (χ2v) is 6.34. The Morgan fingerprint density at radius 1 is 1.19 bits per heavy atom. The molecule has 0 aliphatic rings. The van der Waals surface area contributed by atoms with Gasteiger partial charge in [0.05, 0.1) is 26.2 Å². The van der Waals surface area contributed by atoms with Crippen LogP contribution in [0.15, 0.2) is 45.6 Å². The van der Waals surface area contributed by atoms with Crippen LogP contribution in [0.25, 0.3) is 11.0 Å². The van der Waals surface area contributed by atoms with E-state index in [2.05, 4.69) is 5.32 Å². The Labute approximate surface area is 160 Å². The Balaban J connectivity index is 1.97. The Morgan fingerprint density at radius 3 is 2.63 bits per heavy atom. The first-order valence-electron chi connectivity index (χ1n) is 8.17. The summed E-state index contributed by atoms with van der Waals surface area (Å²) in [6.45, 7) is 1.77. The van der Waals surface area contributed by atoms with Crippen LogP contribution in [-0.4, -0.2) is 20.1 Å². The van der Waals surface area contributed by atoms with E-state index in [0.717, 1.165) is 0 Å². The van der Waals surface area contributed by atoms with Crippen molar-refractivity contribution in [3.05, 3.63) is 63.0 Å². The summed E-state index contributed by atoms with van der Waals surface area (Å²) in [4.78, 5) is 24.9. The Morgan fingerprint density at radius 2 is 1.96 bits per heavy atom. The Bertz CT molecular complexity index is 1070. The zero-order valence-corrected chi connectivity index (χ0v) is 15.8. The standard InChI is InChI=1S/C20H18ClNO5/c1-11-14-7-8-16(25-2)19(26-3)18(14)27-20(24)15(11)10-17(23)22-13-6-4-5-12(21)9-13/h4-9H,10H2,1-3H3,(H,22,23). The molecule has 0 fully saturated rings. The quantitative estimate of drug-likeness (QED) is 0.670. The van der Waals surface area contributed by atoms with Gasteiger partial charge in [-0.3, -0.25) is 4.79 Å². The van der Waals surface area contributed by atoms with Gasteiger partial charge in [-0.05, 0) is 42.8 Å². The molecular weight excluding hydrogens is 370 g/mol. The maximum atomic E-state index is 12.5. The first-order valence-corrected chi connectivity index (χ1v) is 8.55. The molecule has 1 N–H and O–H groups in total. The number of ether oxygens (including phenoxy) is 2. The van der Waals surface area contributed by atoms with Crippen molar-refractivity contribution in [2.75, 3.05) is 19.5 Å². The van der Waals surface area contributed by atoms with E-state index >= 15 is 0 Å². The first-order chi connectivity index (χ1) is 12.9. The fourth-order valence-electron chi connectivity index (χ4n) is 2.90. The van der Waals surface area contributed by atoms with Crippen LogP contribution in [0.2, 0.25) is 5.02 Å². The minimum absolute atomic E-state index is 0.120. The summed E-state index contributed by atoms with van der Waals surface area (Å²) in [6.07, 6.45) is -0.120. The molecule has 2 aromatic carbocycles. The summed E-state index contributed by atoms with van der Waals surface area (Å²) < 4.78 is 16.0. The average molecular weight is 388 g/mol.